The fourth-order valence-electron chi connectivity index (χ4n) is 1.55. The summed E-state index contributed by atoms with van der Waals surface area (Å²) in [6, 6.07) is 6.87. The van der Waals surface area contributed by atoms with E-state index < -0.39 is 5.97 Å². The molecule has 19 heavy (non-hydrogen) atoms. The van der Waals surface area contributed by atoms with Crippen molar-refractivity contribution in [1.29, 1.82) is 0 Å². The Hall–Kier alpha value is -1.53. The minimum Gasteiger partial charge on any atom is -0.478 e. The third-order valence-electron chi connectivity index (χ3n) is 2.33. The second-order valence-corrected chi connectivity index (χ2v) is 5.34. The van der Waals surface area contributed by atoms with E-state index in [4.69, 9.17) is 4.74 Å². The van der Waals surface area contributed by atoms with Crippen molar-refractivity contribution >= 4 is 33.7 Å². The molecule has 0 spiro atoms. The van der Waals surface area contributed by atoms with Crippen LogP contribution in [0.5, 0.6) is 11.5 Å². The number of pyridine rings is 1. The molecule has 2 aromatic rings. The number of hydrogen-bond acceptors (Lipinski definition) is 4. The molecule has 1 heterocycles. The van der Waals surface area contributed by atoms with Gasteiger partial charge in [-0.15, -0.1) is 11.8 Å². The van der Waals surface area contributed by atoms with Gasteiger partial charge in [0.25, 0.3) is 0 Å². The van der Waals surface area contributed by atoms with Gasteiger partial charge in [-0.3, -0.25) is 4.98 Å². The summed E-state index contributed by atoms with van der Waals surface area (Å²) in [4.78, 5) is 16.0. The number of rotatable bonds is 4. The summed E-state index contributed by atoms with van der Waals surface area (Å²) in [5, 5.41) is 9.29. The molecule has 0 aliphatic carbocycles. The van der Waals surface area contributed by atoms with Crippen LogP contribution in [-0.4, -0.2) is 22.3 Å². The average Bonchev–Trinajstić information content (AvgIpc) is 2.38. The number of carboxylic acid groups (broad SMARTS) is 1. The van der Waals surface area contributed by atoms with Crippen molar-refractivity contribution in [2.24, 2.45) is 0 Å². The lowest BCUT2D eigenvalue weighted by molar-refractivity contribution is 0.0690. The Morgan fingerprint density at radius 2 is 2.21 bits per heavy atom. The summed E-state index contributed by atoms with van der Waals surface area (Å²) in [6.45, 7) is 0. The predicted molar refractivity (Wildman–Crippen MR) is 77.2 cm³/mol. The monoisotopic (exact) mass is 339 g/mol. The maximum Gasteiger partial charge on any atom is 0.340 e. The SMILES string of the molecule is CSc1cccc(Oc2cncc(Br)c2)c1C(=O)O. The number of carboxylic acids is 1. The highest BCUT2D eigenvalue weighted by Gasteiger charge is 2.16. The third kappa shape index (κ3) is 3.27. The van der Waals surface area contributed by atoms with Crippen LogP contribution in [0.2, 0.25) is 0 Å². The first-order valence-electron chi connectivity index (χ1n) is 5.30. The molecule has 0 fully saturated rings. The van der Waals surface area contributed by atoms with Crippen LogP contribution in [0.1, 0.15) is 10.4 Å². The van der Waals surface area contributed by atoms with E-state index in [1.54, 1.807) is 30.5 Å². The molecule has 2 rings (SSSR count). The highest BCUT2D eigenvalue weighted by molar-refractivity contribution is 9.10. The zero-order chi connectivity index (χ0) is 13.8. The summed E-state index contributed by atoms with van der Waals surface area (Å²) in [5.74, 6) is -0.225. The lowest BCUT2D eigenvalue weighted by Crippen LogP contribution is -2.02. The zero-order valence-electron chi connectivity index (χ0n) is 9.96. The largest absolute Gasteiger partial charge is 0.478 e. The van der Waals surface area contributed by atoms with Crippen LogP contribution in [0.4, 0.5) is 0 Å². The van der Waals surface area contributed by atoms with E-state index in [-0.39, 0.29) is 5.56 Å². The van der Waals surface area contributed by atoms with Gasteiger partial charge in [0.1, 0.15) is 17.1 Å². The number of aromatic nitrogens is 1. The van der Waals surface area contributed by atoms with Crippen LogP contribution in [0, 0.1) is 0 Å². The Balaban J connectivity index is 2.42. The van der Waals surface area contributed by atoms with Crippen molar-refractivity contribution in [3.63, 3.8) is 0 Å². The average molecular weight is 340 g/mol. The summed E-state index contributed by atoms with van der Waals surface area (Å²) in [7, 11) is 0. The summed E-state index contributed by atoms with van der Waals surface area (Å²) in [6.07, 6.45) is 4.98. The topological polar surface area (TPSA) is 59.4 Å². The van der Waals surface area contributed by atoms with Gasteiger partial charge in [-0.05, 0) is 40.4 Å². The predicted octanol–water partition coefficient (Wildman–Crippen LogP) is 4.06. The highest BCUT2D eigenvalue weighted by atomic mass is 79.9. The molecule has 1 aromatic carbocycles. The molecule has 0 aliphatic heterocycles. The second-order valence-electron chi connectivity index (χ2n) is 3.58. The van der Waals surface area contributed by atoms with Crippen molar-refractivity contribution in [2.45, 2.75) is 4.90 Å². The van der Waals surface area contributed by atoms with Crippen molar-refractivity contribution in [1.82, 2.24) is 4.98 Å². The maximum absolute atomic E-state index is 11.3. The van der Waals surface area contributed by atoms with Gasteiger partial charge in [0.05, 0.1) is 6.20 Å². The number of thioether (sulfide) groups is 1. The number of benzene rings is 1. The van der Waals surface area contributed by atoms with Gasteiger partial charge in [0.2, 0.25) is 0 Å². The van der Waals surface area contributed by atoms with Crippen molar-refractivity contribution in [3.8, 4) is 11.5 Å². The first-order valence-corrected chi connectivity index (χ1v) is 7.32. The maximum atomic E-state index is 11.3. The Bertz CT molecular complexity index is 619. The summed E-state index contributed by atoms with van der Waals surface area (Å²) < 4.78 is 6.37. The number of nitrogens with zero attached hydrogens (tertiary/aromatic N) is 1. The highest BCUT2D eigenvalue weighted by Crippen LogP contribution is 2.32. The molecular weight excluding hydrogens is 330 g/mol. The number of carbonyl (C=O) groups is 1. The van der Waals surface area contributed by atoms with Crippen LogP contribution >= 0.6 is 27.7 Å². The Labute approximate surface area is 122 Å². The van der Waals surface area contributed by atoms with Gasteiger partial charge in [-0.25, -0.2) is 4.79 Å². The van der Waals surface area contributed by atoms with E-state index in [1.165, 1.54) is 18.0 Å². The Morgan fingerprint density at radius 3 is 2.84 bits per heavy atom. The van der Waals surface area contributed by atoms with Gasteiger partial charge in [-0.1, -0.05) is 6.07 Å². The lowest BCUT2D eigenvalue weighted by Gasteiger charge is -2.11. The molecule has 0 aliphatic rings. The Kier molecular flexibility index (Phi) is 4.44. The number of halogens is 1. The van der Waals surface area contributed by atoms with Crippen LogP contribution in [0.3, 0.4) is 0 Å². The van der Waals surface area contributed by atoms with E-state index in [2.05, 4.69) is 20.9 Å². The molecule has 6 heteroatoms. The van der Waals surface area contributed by atoms with Gasteiger partial charge in [0.15, 0.2) is 0 Å². The van der Waals surface area contributed by atoms with Crippen LogP contribution in [0.15, 0.2) is 46.0 Å². The summed E-state index contributed by atoms with van der Waals surface area (Å²) >= 11 is 4.65. The lowest BCUT2D eigenvalue weighted by atomic mass is 10.2. The van der Waals surface area contributed by atoms with Gasteiger partial charge >= 0.3 is 5.97 Å². The van der Waals surface area contributed by atoms with E-state index >= 15 is 0 Å². The molecule has 0 saturated heterocycles. The van der Waals surface area contributed by atoms with Crippen molar-refractivity contribution in [3.05, 3.63) is 46.7 Å². The van der Waals surface area contributed by atoms with Crippen LogP contribution < -0.4 is 4.74 Å². The fraction of sp³-hybridized carbons (Fsp3) is 0.0769. The first-order chi connectivity index (χ1) is 9.11. The molecule has 0 unspecified atom stereocenters. The van der Waals surface area contributed by atoms with Crippen LogP contribution in [-0.2, 0) is 0 Å². The minimum atomic E-state index is -1.01. The fourth-order valence-corrected chi connectivity index (χ4v) is 2.50. The smallest absolute Gasteiger partial charge is 0.340 e. The molecule has 1 aromatic heterocycles. The van der Waals surface area contributed by atoms with E-state index in [1.807, 2.05) is 6.26 Å². The third-order valence-corrected chi connectivity index (χ3v) is 3.54. The number of ether oxygens (including phenoxy) is 1. The molecule has 0 bridgehead atoms. The normalized spacial score (nSPS) is 10.2. The first kappa shape index (κ1) is 13.9. The van der Waals surface area contributed by atoms with Crippen molar-refractivity contribution in [2.75, 3.05) is 6.26 Å². The summed E-state index contributed by atoms with van der Waals surface area (Å²) in [5.41, 5.74) is 0.162. The molecule has 0 atom stereocenters. The Morgan fingerprint density at radius 1 is 1.42 bits per heavy atom. The minimum absolute atomic E-state index is 0.162. The zero-order valence-corrected chi connectivity index (χ0v) is 12.4. The second kappa shape index (κ2) is 6.08. The molecular formula is C13H10BrNO3S. The van der Waals surface area contributed by atoms with E-state index in [0.717, 1.165) is 4.47 Å². The molecule has 4 nitrogen and oxygen atoms in total. The molecule has 0 radical (unpaired) electrons. The van der Waals surface area contributed by atoms with E-state index in [9.17, 15) is 9.90 Å². The van der Waals surface area contributed by atoms with Crippen molar-refractivity contribution < 1.29 is 14.6 Å². The van der Waals surface area contributed by atoms with Gasteiger partial charge in [0, 0.05) is 15.6 Å². The number of aromatic carboxylic acids is 1. The standard InChI is InChI=1S/C13H10BrNO3S/c1-19-11-4-2-3-10(12(11)13(16)17)18-9-5-8(14)6-15-7-9/h2-7H,1H3,(H,16,17). The molecule has 98 valence electrons. The quantitative estimate of drug-likeness (QED) is 0.851. The van der Waals surface area contributed by atoms with Gasteiger partial charge in [-0.2, -0.15) is 0 Å². The molecule has 0 saturated carbocycles. The molecule has 0 amide bonds. The van der Waals surface area contributed by atoms with Gasteiger partial charge < -0.3 is 9.84 Å². The number of hydrogen-bond donors (Lipinski definition) is 1. The van der Waals surface area contributed by atoms with E-state index in [0.29, 0.717) is 16.4 Å². The molecule has 1 N–H and O–H groups in total. The van der Waals surface area contributed by atoms with Crippen LogP contribution in [0.25, 0.3) is 0 Å².